The molecule has 0 atom stereocenters. The minimum atomic E-state index is 1.10. The van der Waals surface area contributed by atoms with Gasteiger partial charge < -0.3 is 9.13 Å². The first-order chi connectivity index (χ1) is 20.8. The fourth-order valence-corrected chi connectivity index (χ4v) is 7.01. The van der Waals surface area contributed by atoms with Crippen LogP contribution in [0.2, 0.25) is 0 Å². The summed E-state index contributed by atoms with van der Waals surface area (Å²) in [6, 6.07) is 48.9. The first-order valence-electron chi connectivity index (χ1n) is 14.8. The quantitative estimate of drug-likeness (QED) is 0.213. The molecule has 6 aromatic carbocycles. The lowest BCUT2D eigenvalue weighted by atomic mass is 10.0. The van der Waals surface area contributed by atoms with Gasteiger partial charge in [-0.05, 0) is 94.9 Å². The Morgan fingerprint density at radius 1 is 0.452 bits per heavy atom. The minimum Gasteiger partial charge on any atom is -0.310 e. The Balaban J connectivity index is 1.17. The van der Waals surface area contributed by atoms with Gasteiger partial charge in [0.2, 0.25) is 0 Å². The number of benzene rings is 6. The van der Waals surface area contributed by atoms with Gasteiger partial charge in [-0.25, -0.2) is 0 Å². The van der Waals surface area contributed by atoms with Crippen molar-refractivity contribution < 1.29 is 0 Å². The molecule has 0 spiro atoms. The fraction of sp³-hybridized carbons (Fsp3) is 0.0500. The fourth-order valence-electron chi connectivity index (χ4n) is 7.01. The molecule has 0 bridgehead atoms. The SMILES string of the molecule is C1=Cc2c(c3ccccc3n2-c2ccc(-c3ccc4c(c3)c3ccccc3n4-c3ccc4ccccc4c3)cc2)CC1. The van der Waals surface area contributed by atoms with Gasteiger partial charge in [0.25, 0.3) is 0 Å². The Bertz CT molecular complexity index is 2340. The van der Waals surface area contributed by atoms with Crippen LogP contribution in [0, 0.1) is 0 Å². The first-order valence-corrected chi connectivity index (χ1v) is 14.8. The third kappa shape index (κ3) is 3.45. The molecule has 2 heterocycles. The van der Waals surface area contributed by atoms with E-state index in [1.165, 1.54) is 77.2 Å². The van der Waals surface area contributed by atoms with Crippen LogP contribution in [-0.2, 0) is 6.42 Å². The van der Waals surface area contributed by atoms with Gasteiger partial charge in [0.1, 0.15) is 0 Å². The number of nitrogens with zero attached hydrogens (tertiary/aromatic N) is 2. The van der Waals surface area contributed by atoms with E-state index in [1.807, 2.05) is 0 Å². The zero-order valence-corrected chi connectivity index (χ0v) is 23.2. The van der Waals surface area contributed by atoms with Gasteiger partial charge in [-0.1, -0.05) is 91.0 Å². The average Bonchev–Trinajstić information content (AvgIpc) is 3.57. The van der Waals surface area contributed by atoms with E-state index in [1.54, 1.807) is 0 Å². The normalized spacial score (nSPS) is 13.0. The van der Waals surface area contributed by atoms with E-state index in [-0.39, 0.29) is 0 Å². The molecule has 0 saturated heterocycles. The minimum absolute atomic E-state index is 1.10. The van der Waals surface area contributed by atoms with E-state index in [9.17, 15) is 0 Å². The molecular weight excluding hydrogens is 508 g/mol. The number of hydrogen-bond acceptors (Lipinski definition) is 0. The molecule has 0 radical (unpaired) electrons. The summed E-state index contributed by atoms with van der Waals surface area (Å²) in [4.78, 5) is 0. The number of rotatable bonds is 3. The lowest BCUT2D eigenvalue weighted by Crippen LogP contribution is -2.00. The molecule has 0 unspecified atom stereocenters. The number of fused-ring (bicyclic) bond motifs is 7. The first kappa shape index (κ1) is 23.4. The highest BCUT2D eigenvalue weighted by Gasteiger charge is 2.18. The van der Waals surface area contributed by atoms with Crippen LogP contribution in [-0.4, -0.2) is 9.13 Å². The van der Waals surface area contributed by atoms with Crippen LogP contribution in [0.5, 0.6) is 0 Å². The van der Waals surface area contributed by atoms with Crippen LogP contribution in [0.4, 0.5) is 0 Å². The summed E-state index contributed by atoms with van der Waals surface area (Å²) < 4.78 is 4.82. The maximum Gasteiger partial charge on any atom is 0.0541 e. The largest absolute Gasteiger partial charge is 0.310 e. The monoisotopic (exact) mass is 536 g/mol. The maximum absolute atomic E-state index is 2.42. The van der Waals surface area contributed by atoms with Crippen LogP contribution in [0.15, 0.2) is 140 Å². The van der Waals surface area contributed by atoms with Crippen molar-refractivity contribution in [2.75, 3.05) is 0 Å². The third-order valence-electron chi connectivity index (χ3n) is 8.98. The number of allylic oxidation sites excluding steroid dienone is 1. The van der Waals surface area contributed by atoms with Crippen molar-refractivity contribution in [1.29, 1.82) is 0 Å². The number of hydrogen-bond donors (Lipinski definition) is 0. The molecule has 0 saturated carbocycles. The predicted octanol–water partition coefficient (Wildman–Crippen LogP) is 10.5. The van der Waals surface area contributed by atoms with E-state index in [0.29, 0.717) is 0 Å². The number of aryl methyl sites for hydroxylation is 1. The van der Waals surface area contributed by atoms with Crippen molar-refractivity contribution in [2.45, 2.75) is 12.8 Å². The summed E-state index contributed by atoms with van der Waals surface area (Å²) in [5.74, 6) is 0. The van der Waals surface area contributed by atoms with E-state index < -0.39 is 0 Å². The van der Waals surface area contributed by atoms with Gasteiger partial charge in [0.05, 0.1) is 16.6 Å². The van der Waals surface area contributed by atoms with E-state index >= 15 is 0 Å². The highest BCUT2D eigenvalue weighted by Crippen LogP contribution is 2.37. The molecule has 0 amide bonds. The Morgan fingerprint density at radius 3 is 1.98 bits per heavy atom. The van der Waals surface area contributed by atoms with Gasteiger partial charge in [0, 0.05) is 33.2 Å². The van der Waals surface area contributed by atoms with Gasteiger partial charge in [-0.3, -0.25) is 0 Å². The third-order valence-corrected chi connectivity index (χ3v) is 8.98. The molecule has 2 heteroatoms. The second-order valence-corrected chi connectivity index (χ2v) is 11.3. The molecule has 1 aliphatic carbocycles. The zero-order valence-electron chi connectivity index (χ0n) is 23.2. The summed E-state index contributed by atoms with van der Waals surface area (Å²) in [5, 5.41) is 6.43. The molecule has 1 aliphatic rings. The van der Waals surface area contributed by atoms with Crippen LogP contribution in [0.25, 0.3) is 72.1 Å². The van der Waals surface area contributed by atoms with Crippen molar-refractivity contribution in [3.05, 3.63) is 151 Å². The average molecular weight is 537 g/mol. The summed E-state index contributed by atoms with van der Waals surface area (Å²) in [6.45, 7) is 0. The maximum atomic E-state index is 2.42. The van der Waals surface area contributed by atoms with Crippen molar-refractivity contribution in [2.24, 2.45) is 0 Å². The summed E-state index contributed by atoms with van der Waals surface area (Å²) in [5.41, 5.74) is 11.4. The van der Waals surface area contributed by atoms with Gasteiger partial charge in [-0.2, -0.15) is 0 Å². The van der Waals surface area contributed by atoms with Crippen molar-refractivity contribution >= 4 is 49.6 Å². The van der Waals surface area contributed by atoms with Crippen molar-refractivity contribution in [3.63, 3.8) is 0 Å². The lowest BCUT2D eigenvalue weighted by Gasteiger charge is -2.13. The highest BCUT2D eigenvalue weighted by atomic mass is 15.0. The van der Waals surface area contributed by atoms with Crippen LogP contribution in [0.1, 0.15) is 17.7 Å². The molecule has 0 N–H and O–H groups in total. The van der Waals surface area contributed by atoms with Crippen LogP contribution >= 0.6 is 0 Å². The molecule has 9 rings (SSSR count). The Morgan fingerprint density at radius 2 is 1.12 bits per heavy atom. The number of para-hydroxylation sites is 2. The molecule has 2 nitrogen and oxygen atoms in total. The Kier molecular flexibility index (Phi) is 5.06. The molecule has 2 aromatic heterocycles. The topological polar surface area (TPSA) is 9.86 Å². The van der Waals surface area contributed by atoms with Gasteiger partial charge >= 0.3 is 0 Å². The molecule has 0 aliphatic heterocycles. The van der Waals surface area contributed by atoms with E-state index in [2.05, 4.69) is 155 Å². The van der Waals surface area contributed by atoms with Gasteiger partial charge in [0.15, 0.2) is 0 Å². The molecular formula is C40H28N2. The smallest absolute Gasteiger partial charge is 0.0541 e. The summed E-state index contributed by atoms with van der Waals surface area (Å²) in [7, 11) is 0. The van der Waals surface area contributed by atoms with Crippen molar-refractivity contribution in [3.8, 4) is 22.5 Å². The standard InChI is InChI=1S/C40H28N2/c1-2-10-29-25-32(23-19-27(29)9-1)42-39-16-8-5-13-35(39)36-26-30(20-24-40(36)42)28-17-21-31(22-18-28)41-37-14-6-3-11-33(37)34-12-4-7-15-38(34)41/h1-3,5-11,13-26H,4,12H2. The van der Waals surface area contributed by atoms with Gasteiger partial charge in [-0.15, -0.1) is 0 Å². The summed E-state index contributed by atoms with van der Waals surface area (Å²) in [6.07, 6.45) is 6.81. The lowest BCUT2D eigenvalue weighted by molar-refractivity contribution is 0.967. The molecule has 42 heavy (non-hydrogen) atoms. The summed E-state index contributed by atoms with van der Waals surface area (Å²) >= 11 is 0. The highest BCUT2D eigenvalue weighted by molar-refractivity contribution is 6.10. The molecule has 8 aromatic rings. The predicted molar refractivity (Wildman–Crippen MR) is 178 cm³/mol. The van der Waals surface area contributed by atoms with E-state index in [0.717, 1.165) is 12.8 Å². The second-order valence-electron chi connectivity index (χ2n) is 11.3. The number of aromatic nitrogens is 2. The van der Waals surface area contributed by atoms with Crippen LogP contribution in [0.3, 0.4) is 0 Å². The molecule has 198 valence electrons. The van der Waals surface area contributed by atoms with E-state index in [4.69, 9.17) is 0 Å². The zero-order chi connectivity index (χ0) is 27.6. The second kappa shape index (κ2) is 9.09. The molecule has 0 fully saturated rings. The Hall–Kier alpha value is -5.34. The Labute approximate surface area is 244 Å². The van der Waals surface area contributed by atoms with Crippen LogP contribution < -0.4 is 0 Å². The van der Waals surface area contributed by atoms with Crippen molar-refractivity contribution in [1.82, 2.24) is 9.13 Å².